The largest absolute Gasteiger partial charge is 0.311 e. The summed E-state index contributed by atoms with van der Waals surface area (Å²) in [6, 6.07) is 0.426. The zero-order valence-corrected chi connectivity index (χ0v) is 8.88. The molecule has 1 heterocycles. The molecule has 3 N–H and O–H groups in total. The van der Waals surface area contributed by atoms with E-state index in [1.165, 1.54) is 24.2 Å². The highest BCUT2D eigenvalue weighted by molar-refractivity contribution is 5.35. The minimum atomic E-state index is 0.426. The molecule has 1 aliphatic carbocycles. The van der Waals surface area contributed by atoms with Crippen LogP contribution in [0.1, 0.15) is 44.1 Å². The van der Waals surface area contributed by atoms with Gasteiger partial charge in [0, 0.05) is 11.7 Å². The maximum atomic E-state index is 5.47. The summed E-state index contributed by atoms with van der Waals surface area (Å²) in [6.45, 7) is 4.33. The topological polar surface area (TPSA) is 55.9 Å². The molecule has 2 rings (SSSR count). The number of nitrogens with two attached hydrogens (primary N) is 1. The van der Waals surface area contributed by atoms with E-state index in [4.69, 9.17) is 5.84 Å². The number of aromatic nitrogens is 2. The third-order valence-electron chi connectivity index (χ3n) is 2.82. The van der Waals surface area contributed by atoms with E-state index in [0.29, 0.717) is 6.04 Å². The fraction of sp³-hybridized carbons (Fsp3) is 0.700. The molecule has 1 aromatic heterocycles. The number of anilines is 1. The van der Waals surface area contributed by atoms with Crippen molar-refractivity contribution < 1.29 is 0 Å². The number of aryl methyl sites for hydroxylation is 1. The lowest BCUT2D eigenvalue weighted by atomic mass is 10.0. The van der Waals surface area contributed by atoms with E-state index in [1.54, 1.807) is 0 Å². The summed E-state index contributed by atoms with van der Waals surface area (Å²) in [5, 5.41) is 0. The van der Waals surface area contributed by atoms with Crippen molar-refractivity contribution in [2.75, 3.05) is 5.43 Å². The van der Waals surface area contributed by atoms with Gasteiger partial charge >= 0.3 is 0 Å². The van der Waals surface area contributed by atoms with Crippen LogP contribution in [0.5, 0.6) is 0 Å². The molecule has 0 bridgehead atoms. The Labute approximate surface area is 84.5 Å². The van der Waals surface area contributed by atoms with E-state index in [9.17, 15) is 0 Å². The van der Waals surface area contributed by atoms with Crippen molar-refractivity contribution in [2.24, 2.45) is 5.84 Å². The second-order valence-corrected chi connectivity index (χ2v) is 4.14. The summed E-state index contributed by atoms with van der Waals surface area (Å²) in [4.78, 5) is 4.52. The van der Waals surface area contributed by atoms with Crippen molar-refractivity contribution >= 4 is 5.95 Å². The molecular formula is C10H18N4. The Morgan fingerprint density at radius 1 is 1.36 bits per heavy atom. The number of nitrogens with zero attached hydrogens (tertiary/aromatic N) is 2. The minimum absolute atomic E-state index is 0.426. The van der Waals surface area contributed by atoms with Crippen LogP contribution in [0.25, 0.3) is 0 Å². The number of hydrazine groups is 1. The zero-order chi connectivity index (χ0) is 10.1. The van der Waals surface area contributed by atoms with E-state index in [1.807, 2.05) is 0 Å². The first-order valence-corrected chi connectivity index (χ1v) is 5.30. The highest BCUT2D eigenvalue weighted by Gasteiger charge is 2.20. The van der Waals surface area contributed by atoms with Crippen LogP contribution in [-0.4, -0.2) is 9.55 Å². The molecule has 0 amide bonds. The lowest BCUT2D eigenvalue weighted by Gasteiger charge is -2.17. The standard InChI is InChI=1S/C10H18N4/c1-7(2)14-9-6-4-3-5-8(9)12-10(14)13-11/h7H,3-6,11H2,1-2H3,(H,12,13). The van der Waals surface area contributed by atoms with Crippen LogP contribution in [-0.2, 0) is 12.8 Å². The average Bonchev–Trinajstić information content (AvgIpc) is 2.55. The van der Waals surface area contributed by atoms with E-state index >= 15 is 0 Å². The summed E-state index contributed by atoms with van der Waals surface area (Å²) in [7, 11) is 0. The number of hydrogen-bond acceptors (Lipinski definition) is 3. The Balaban J connectivity index is 2.48. The number of imidazole rings is 1. The Kier molecular flexibility index (Phi) is 2.46. The predicted octanol–water partition coefficient (Wildman–Crippen LogP) is 1.63. The summed E-state index contributed by atoms with van der Waals surface area (Å²) in [6.07, 6.45) is 4.77. The molecule has 1 aliphatic rings. The van der Waals surface area contributed by atoms with Crippen LogP contribution in [0.15, 0.2) is 0 Å². The Hall–Kier alpha value is -1.03. The monoisotopic (exact) mass is 194 g/mol. The van der Waals surface area contributed by atoms with E-state index in [2.05, 4.69) is 28.8 Å². The van der Waals surface area contributed by atoms with Gasteiger partial charge in [-0.15, -0.1) is 0 Å². The third-order valence-corrected chi connectivity index (χ3v) is 2.82. The third kappa shape index (κ3) is 1.39. The van der Waals surface area contributed by atoms with Gasteiger partial charge < -0.3 is 4.57 Å². The Bertz CT molecular complexity index is 327. The van der Waals surface area contributed by atoms with Crippen LogP contribution in [0, 0.1) is 0 Å². The molecule has 4 heteroatoms. The van der Waals surface area contributed by atoms with Gasteiger partial charge in [0.15, 0.2) is 0 Å². The highest BCUT2D eigenvalue weighted by atomic mass is 15.3. The van der Waals surface area contributed by atoms with Gasteiger partial charge in [-0.25, -0.2) is 10.8 Å². The summed E-state index contributed by atoms with van der Waals surface area (Å²) < 4.78 is 2.22. The SMILES string of the molecule is CC(C)n1c(NN)nc2c1CCCC2. The fourth-order valence-electron chi connectivity index (χ4n) is 2.22. The van der Waals surface area contributed by atoms with Gasteiger partial charge in [-0.05, 0) is 39.5 Å². The van der Waals surface area contributed by atoms with E-state index < -0.39 is 0 Å². The van der Waals surface area contributed by atoms with Gasteiger partial charge in [-0.1, -0.05) is 0 Å². The van der Waals surface area contributed by atoms with Crippen molar-refractivity contribution in [3.8, 4) is 0 Å². The van der Waals surface area contributed by atoms with Gasteiger partial charge in [0.1, 0.15) is 0 Å². The maximum Gasteiger partial charge on any atom is 0.217 e. The van der Waals surface area contributed by atoms with Crippen molar-refractivity contribution in [1.29, 1.82) is 0 Å². The molecule has 0 saturated carbocycles. The van der Waals surface area contributed by atoms with Gasteiger partial charge in [0.2, 0.25) is 5.95 Å². The van der Waals surface area contributed by atoms with E-state index in [0.717, 1.165) is 18.8 Å². The molecule has 4 nitrogen and oxygen atoms in total. The number of nitrogen functional groups attached to an aromatic ring is 1. The molecule has 1 aromatic rings. The number of hydrogen-bond donors (Lipinski definition) is 2. The maximum absolute atomic E-state index is 5.47. The van der Waals surface area contributed by atoms with Gasteiger partial charge in [0.25, 0.3) is 0 Å². The number of nitrogens with one attached hydrogen (secondary N) is 1. The number of fused-ring (bicyclic) bond motifs is 1. The van der Waals surface area contributed by atoms with Crippen molar-refractivity contribution in [2.45, 2.75) is 45.6 Å². The molecule has 0 atom stereocenters. The lowest BCUT2D eigenvalue weighted by molar-refractivity contribution is 0.552. The summed E-state index contributed by atoms with van der Waals surface area (Å²) in [5.74, 6) is 6.28. The molecule has 0 radical (unpaired) electrons. The average molecular weight is 194 g/mol. The smallest absolute Gasteiger partial charge is 0.217 e. The molecule has 78 valence electrons. The summed E-state index contributed by atoms with van der Waals surface area (Å²) in [5.41, 5.74) is 5.29. The highest BCUT2D eigenvalue weighted by Crippen LogP contribution is 2.27. The van der Waals surface area contributed by atoms with Crippen molar-refractivity contribution in [1.82, 2.24) is 9.55 Å². The molecule has 0 aliphatic heterocycles. The molecule has 14 heavy (non-hydrogen) atoms. The molecule has 0 saturated heterocycles. The van der Waals surface area contributed by atoms with Crippen molar-refractivity contribution in [3.63, 3.8) is 0 Å². The number of rotatable bonds is 2. The van der Waals surface area contributed by atoms with Crippen LogP contribution in [0.4, 0.5) is 5.95 Å². The van der Waals surface area contributed by atoms with Gasteiger partial charge in [-0.3, -0.25) is 5.43 Å². The molecule has 0 aromatic carbocycles. The van der Waals surface area contributed by atoms with Crippen LogP contribution in [0.2, 0.25) is 0 Å². The lowest BCUT2D eigenvalue weighted by Crippen LogP contribution is -2.16. The molecule has 0 unspecified atom stereocenters. The van der Waals surface area contributed by atoms with Gasteiger partial charge in [-0.2, -0.15) is 0 Å². The van der Waals surface area contributed by atoms with Crippen LogP contribution < -0.4 is 11.3 Å². The quantitative estimate of drug-likeness (QED) is 0.555. The van der Waals surface area contributed by atoms with Crippen LogP contribution in [0.3, 0.4) is 0 Å². The normalized spacial score (nSPS) is 15.7. The second kappa shape index (κ2) is 3.61. The Morgan fingerprint density at radius 2 is 2.07 bits per heavy atom. The van der Waals surface area contributed by atoms with Crippen LogP contribution >= 0.6 is 0 Å². The Morgan fingerprint density at radius 3 is 2.71 bits per heavy atom. The summed E-state index contributed by atoms with van der Waals surface area (Å²) >= 11 is 0. The zero-order valence-electron chi connectivity index (χ0n) is 8.88. The minimum Gasteiger partial charge on any atom is -0.311 e. The van der Waals surface area contributed by atoms with Gasteiger partial charge in [0.05, 0.1) is 5.69 Å². The first-order chi connectivity index (χ1) is 6.74. The van der Waals surface area contributed by atoms with E-state index in [-0.39, 0.29) is 0 Å². The molecular weight excluding hydrogens is 176 g/mol. The second-order valence-electron chi connectivity index (χ2n) is 4.14. The predicted molar refractivity (Wildman–Crippen MR) is 57.1 cm³/mol. The first-order valence-electron chi connectivity index (χ1n) is 5.30. The molecule has 0 spiro atoms. The first kappa shape index (κ1) is 9.52. The molecule has 0 fully saturated rings. The van der Waals surface area contributed by atoms with Crippen molar-refractivity contribution in [3.05, 3.63) is 11.4 Å². The fourth-order valence-corrected chi connectivity index (χ4v) is 2.22.